The summed E-state index contributed by atoms with van der Waals surface area (Å²) in [4.78, 5) is 11.6. The molecule has 0 saturated carbocycles. The zero-order valence-corrected chi connectivity index (χ0v) is 10.0. The summed E-state index contributed by atoms with van der Waals surface area (Å²) in [6.45, 7) is 2.11. The smallest absolute Gasteiger partial charge is 0.162 e. The van der Waals surface area contributed by atoms with Crippen molar-refractivity contribution in [2.45, 2.75) is 26.2 Å². The summed E-state index contributed by atoms with van der Waals surface area (Å²) in [5.41, 5.74) is 2.12. The van der Waals surface area contributed by atoms with E-state index in [1.807, 2.05) is 24.3 Å². The standard InChI is InChI=1S/C12H15BrO/c1-2-10-5-7-11(8-6-10)12(14)4-3-9-13/h5-8H,2-4,9H2,1H3. The van der Waals surface area contributed by atoms with Crippen molar-refractivity contribution in [2.24, 2.45) is 0 Å². The quantitative estimate of drug-likeness (QED) is 0.580. The summed E-state index contributed by atoms with van der Waals surface area (Å²) in [6, 6.07) is 7.91. The lowest BCUT2D eigenvalue weighted by atomic mass is 10.0. The van der Waals surface area contributed by atoms with Gasteiger partial charge >= 0.3 is 0 Å². The van der Waals surface area contributed by atoms with Crippen LogP contribution in [0.4, 0.5) is 0 Å². The van der Waals surface area contributed by atoms with Gasteiger partial charge in [0.1, 0.15) is 0 Å². The fraction of sp³-hybridized carbons (Fsp3) is 0.417. The van der Waals surface area contributed by atoms with Gasteiger partial charge in [0.15, 0.2) is 5.78 Å². The molecule has 1 nitrogen and oxygen atoms in total. The molecular weight excluding hydrogens is 240 g/mol. The van der Waals surface area contributed by atoms with Crippen LogP contribution in [0.1, 0.15) is 35.7 Å². The van der Waals surface area contributed by atoms with E-state index in [1.165, 1.54) is 5.56 Å². The summed E-state index contributed by atoms with van der Waals surface area (Å²) in [5, 5.41) is 0.895. The first-order valence-electron chi connectivity index (χ1n) is 4.96. The Morgan fingerprint density at radius 3 is 2.43 bits per heavy atom. The van der Waals surface area contributed by atoms with Crippen LogP contribution in [-0.4, -0.2) is 11.1 Å². The monoisotopic (exact) mass is 254 g/mol. The average Bonchev–Trinajstić information content (AvgIpc) is 2.26. The largest absolute Gasteiger partial charge is 0.294 e. The van der Waals surface area contributed by atoms with Crippen molar-refractivity contribution < 1.29 is 4.79 Å². The predicted molar refractivity (Wildman–Crippen MR) is 63.2 cm³/mol. The highest BCUT2D eigenvalue weighted by Gasteiger charge is 2.04. The molecule has 0 aromatic heterocycles. The van der Waals surface area contributed by atoms with Crippen LogP contribution in [0, 0.1) is 0 Å². The maximum absolute atomic E-state index is 11.6. The van der Waals surface area contributed by atoms with E-state index in [0.717, 1.165) is 23.7 Å². The number of carbonyl (C=O) groups excluding carboxylic acids is 1. The highest BCUT2D eigenvalue weighted by molar-refractivity contribution is 9.09. The Hall–Kier alpha value is -0.630. The third-order valence-corrected chi connectivity index (χ3v) is 2.78. The van der Waals surface area contributed by atoms with E-state index in [4.69, 9.17) is 0 Å². The number of hydrogen-bond donors (Lipinski definition) is 0. The Bertz CT molecular complexity index is 290. The molecule has 0 fully saturated rings. The highest BCUT2D eigenvalue weighted by Crippen LogP contribution is 2.09. The zero-order chi connectivity index (χ0) is 10.4. The molecular formula is C12H15BrO. The number of aryl methyl sites for hydroxylation is 1. The number of hydrogen-bond acceptors (Lipinski definition) is 1. The summed E-state index contributed by atoms with van der Waals surface area (Å²) in [6.07, 6.45) is 2.57. The second-order valence-corrected chi connectivity index (χ2v) is 4.06. The lowest BCUT2D eigenvalue weighted by Crippen LogP contribution is -1.99. The molecule has 1 aromatic rings. The fourth-order valence-corrected chi connectivity index (χ4v) is 1.58. The molecule has 0 atom stereocenters. The molecule has 2 heteroatoms. The van der Waals surface area contributed by atoms with Gasteiger partial charge in [0, 0.05) is 17.3 Å². The number of halogens is 1. The van der Waals surface area contributed by atoms with Gasteiger partial charge < -0.3 is 0 Å². The molecule has 0 saturated heterocycles. The highest BCUT2D eigenvalue weighted by atomic mass is 79.9. The lowest BCUT2D eigenvalue weighted by molar-refractivity contribution is 0.0982. The molecule has 0 bridgehead atoms. The first-order chi connectivity index (χ1) is 6.77. The van der Waals surface area contributed by atoms with Crippen LogP contribution >= 0.6 is 15.9 Å². The summed E-state index contributed by atoms with van der Waals surface area (Å²) in [5.74, 6) is 0.243. The van der Waals surface area contributed by atoms with Crippen molar-refractivity contribution in [3.63, 3.8) is 0 Å². The molecule has 0 aliphatic rings. The van der Waals surface area contributed by atoms with Gasteiger partial charge in [-0.15, -0.1) is 0 Å². The number of rotatable bonds is 5. The third-order valence-electron chi connectivity index (χ3n) is 2.22. The molecule has 0 aliphatic heterocycles. The van der Waals surface area contributed by atoms with E-state index in [1.54, 1.807) is 0 Å². The van der Waals surface area contributed by atoms with E-state index >= 15 is 0 Å². The van der Waals surface area contributed by atoms with E-state index < -0.39 is 0 Å². The Balaban J connectivity index is 2.62. The van der Waals surface area contributed by atoms with Crippen LogP contribution < -0.4 is 0 Å². The van der Waals surface area contributed by atoms with Gasteiger partial charge in [-0.2, -0.15) is 0 Å². The lowest BCUT2D eigenvalue weighted by Gasteiger charge is -2.01. The van der Waals surface area contributed by atoms with Crippen LogP contribution in [0.3, 0.4) is 0 Å². The van der Waals surface area contributed by atoms with Gasteiger partial charge in [0.2, 0.25) is 0 Å². The third kappa shape index (κ3) is 3.26. The van der Waals surface area contributed by atoms with Crippen molar-refractivity contribution in [2.75, 3.05) is 5.33 Å². The number of Topliss-reactive ketones (excluding diaryl/α,β-unsaturated/α-hetero) is 1. The van der Waals surface area contributed by atoms with Gasteiger partial charge in [-0.1, -0.05) is 47.1 Å². The average molecular weight is 255 g/mol. The van der Waals surface area contributed by atoms with Crippen LogP contribution in [0.25, 0.3) is 0 Å². The zero-order valence-electron chi connectivity index (χ0n) is 8.42. The predicted octanol–water partition coefficient (Wildman–Crippen LogP) is 3.61. The van der Waals surface area contributed by atoms with Crippen LogP contribution in [0.5, 0.6) is 0 Å². The first-order valence-corrected chi connectivity index (χ1v) is 6.08. The number of benzene rings is 1. The van der Waals surface area contributed by atoms with Crippen molar-refractivity contribution in [1.82, 2.24) is 0 Å². The van der Waals surface area contributed by atoms with Crippen molar-refractivity contribution >= 4 is 21.7 Å². The molecule has 1 aromatic carbocycles. The molecule has 76 valence electrons. The SMILES string of the molecule is CCc1ccc(C(=O)CCCBr)cc1. The Morgan fingerprint density at radius 1 is 1.29 bits per heavy atom. The number of ketones is 1. The molecule has 0 radical (unpaired) electrons. The van der Waals surface area contributed by atoms with E-state index in [2.05, 4.69) is 22.9 Å². The van der Waals surface area contributed by atoms with Crippen LogP contribution in [0.15, 0.2) is 24.3 Å². The normalized spacial score (nSPS) is 10.1. The van der Waals surface area contributed by atoms with E-state index in [0.29, 0.717) is 6.42 Å². The van der Waals surface area contributed by atoms with Crippen molar-refractivity contribution in [1.29, 1.82) is 0 Å². The van der Waals surface area contributed by atoms with Crippen LogP contribution in [-0.2, 0) is 6.42 Å². The minimum absolute atomic E-state index is 0.243. The van der Waals surface area contributed by atoms with Gasteiger partial charge in [0.25, 0.3) is 0 Å². The van der Waals surface area contributed by atoms with Crippen LogP contribution in [0.2, 0.25) is 0 Å². The Labute approximate surface area is 93.7 Å². The second kappa shape index (κ2) is 5.97. The van der Waals surface area contributed by atoms with Crippen molar-refractivity contribution in [3.8, 4) is 0 Å². The second-order valence-electron chi connectivity index (χ2n) is 3.27. The maximum Gasteiger partial charge on any atom is 0.162 e. The van der Waals surface area contributed by atoms with E-state index in [-0.39, 0.29) is 5.78 Å². The molecule has 1 rings (SSSR count). The summed E-state index contributed by atoms with van der Waals surface area (Å²) < 4.78 is 0. The molecule has 14 heavy (non-hydrogen) atoms. The molecule has 0 N–H and O–H groups in total. The van der Waals surface area contributed by atoms with E-state index in [9.17, 15) is 4.79 Å². The number of carbonyl (C=O) groups is 1. The molecule has 0 heterocycles. The summed E-state index contributed by atoms with van der Waals surface area (Å²) in [7, 11) is 0. The number of alkyl halides is 1. The molecule has 0 aliphatic carbocycles. The van der Waals surface area contributed by atoms with Gasteiger partial charge in [-0.05, 0) is 18.4 Å². The summed E-state index contributed by atoms with van der Waals surface area (Å²) >= 11 is 3.32. The maximum atomic E-state index is 11.6. The fourth-order valence-electron chi connectivity index (χ4n) is 1.30. The molecule has 0 spiro atoms. The minimum Gasteiger partial charge on any atom is -0.294 e. The van der Waals surface area contributed by atoms with Gasteiger partial charge in [-0.3, -0.25) is 4.79 Å². The van der Waals surface area contributed by atoms with Crippen molar-refractivity contribution in [3.05, 3.63) is 35.4 Å². The van der Waals surface area contributed by atoms with Gasteiger partial charge in [-0.25, -0.2) is 0 Å². The van der Waals surface area contributed by atoms with Gasteiger partial charge in [0.05, 0.1) is 0 Å². The molecule has 0 unspecified atom stereocenters. The first kappa shape index (κ1) is 11.4. The molecule has 0 amide bonds. The minimum atomic E-state index is 0.243. The Kier molecular flexibility index (Phi) is 4.88. The Morgan fingerprint density at radius 2 is 1.93 bits per heavy atom. The topological polar surface area (TPSA) is 17.1 Å².